The van der Waals surface area contributed by atoms with Crippen molar-refractivity contribution in [2.75, 3.05) is 11.1 Å². The molecule has 0 radical (unpaired) electrons. The number of pyridine rings is 1. The normalized spacial score (nSPS) is 9.95. The third-order valence-corrected chi connectivity index (χ3v) is 3.65. The lowest BCUT2D eigenvalue weighted by Crippen LogP contribution is -1.98. The Morgan fingerprint density at radius 2 is 2.05 bits per heavy atom. The molecule has 3 nitrogen and oxygen atoms in total. The van der Waals surface area contributed by atoms with Gasteiger partial charge in [-0.25, -0.2) is 0 Å². The molecule has 1 aromatic carbocycles. The van der Waals surface area contributed by atoms with E-state index in [1.165, 1.54) is 0 Å². The highest BCUT2D eigenvalue weighted by atomic mass is 32.2. The zero-order valence-electron chi connectivity index (χ0n) is 11.0. The van der Waals surface area contributed by atoms with Gasteiger partial charge in [0.25, 0.3) is 0 Å². The van der Waals surface area contributed by atoms with E-state index in [1.807, 2.05) is 37.3 Å². The first kappa shape index (κ1) is 13.4. The molecule has 0 fully saturated rings. The summed E-state index contributed by atoms with van der Waals surface area (Å²) in [5.74, 6) is 0.948. The highest BCUT2D eigenvalue weighted by Gasteiger charge is 2.09. The van der Waals surface area contributed by atoms with E-state index < -0.39 is 0 Å². The predicted octanol–water partition coefficient (Wildman–Crippen LogP) is 4.12. The maximum absolute atomic E-state index is 9.35. The Labute approximate surface area is 117 Å². The predicted molar refractivity (Wildman–Crippen MR) is 79.8 cm³/mol. The van der Waals surface area contributed by atoms with Crippen molar-refractivity contribution in [2.45, 2.75) is 18.7 Å². The van der Waals surface area contributed by atoms with Crippen LogP contribution in [0.5, 0.6) is 0 Å². The first-order valence-electron chi connectivity index (χ1n) is 6.10. The van der Waals surface area contributed by atoms with E-state index in [0.29, 0.717) is 5.56 Å². The summed E-state index contributed by atoms with van der Waals surface area (Å²) in [6.07, 6.45) is 1.76. The first-order chi connectivity index (χ1) is 9.26. The molecule has 96 valence electrons. The number of hydrogen-bond acceptors (Lipinski definition) is 4. The second-order valence-electron chi connectivity index (χ2n) is 3.98. The molecule has 0 spiro atoms. The Kier molecular flexibility index (Phi) is 4.43. The van der Waals surface area contributed by atoms with Crippen molar-refractivity contribution in [1.29, 1.82) is 5.26 Å². The summed E-state index contributed by atoms with van der Waals surface area (Å²) in [5, 5.41) is 12.6. The molecule has 0 atom stereocenters. The summed E-state index contributed by atoms with van der Waals surface area (Å²) < 4.78 is 0. The van der Waals surface area contributed by atoms with Gasteiger partial charge in [0.05, 0.1) is 22.6 Å². The number of anilines is 2. The summed E-state index contributed by atoms with van der Waals surface area (Å²) in [7, 11) is 0. The van der Waals surface area contributed by atoms with Crippen LogP contribution < -0.4 is 5.32 Å². The number of aryl methyl sites for hydroxylation is 1. The largest absolute Gasteiger partial charge is 0.353 e. The summed E-state index contributed by atoms with van der Waals surface area (Å²) in [6.45, 7) is 4.02. The lowest BCUT2D eigenvalue weighted by Gasteiger charge is -2.12. The van der Waals surface area contributed by atoms with Gasteiger partial charge in [-0.2, -0.15) is 5.26 Å². The highest BCUT2D eigenvalue weighted by molar-refractivity contribution is 7.99. The van der Waals surface area contributed by atoms with Gasteiger partial charge >= 0.3 is 0 Å². The number of thioether (sulfide) groups is 1. The second kappa shape index (κ2) is 6.26. The van der Waals surface area contributed by atoms with E-state index in [0.717, 1.165) is 27.7 Å². The van der Waals surface area contributed by atoms with Crippen molar-refractivity contribution in [3.8, 4) is 6.07 Å². The SMILES string of the molecule is CCSc1cccc(Nc2cccnc2C)c1C#N. The number of benzene rings is 1. The van der Waals surface area contributed by atoms with Crippen LogP contribution in [0.2, 0.25) is 0 Å². The molecule has 0 amide bonds. The van der Waals surface area contributed by atoms with E-state index in [1.54, 1.807) is 18.0 Å². The Hall–Kier alpha value is -1.99. The molecule has 1 N–H and O–H groups in total. The molecule has 0 bridgehead atoms. The average molecular weight is 269 g/mol. The van der Waals surface area contributed by atoms with Crippen LogP contribution in [-0.2, 0) is 0 Å². The van der Waals surface area contributed by atoms with Gasteiger partial charge in [-0.05, 0) is 36.9 Å². The van der Waals surface area contributed by atoms with Crippen LogP contribution in [0.3, 0.4) is 0 Å². The van der Waals surface area contributed by atoms with Crippen LogP contribution in [0.15, 0.2) is 41.4 Å². The smallest absolute Gasteiger partial charge is 0.103 e. The van der Waals surface area contributed by atoms with Crippen molar-refractivity contribution in [1.82, 2.24) is 4.98 Å². The zero-order valence-corrected chi connectivity index (χ0v) is 11.8. The van der Waals surface area contributed by atoms with Gasteiger partial charge in [0.1, 0.15) is 6.07 Å². The molecule has 0 saturated carbocycles. The molecule has 2 aromatic rings. The van der Waals surface area contributed by atoms with Crippen LogP contribution in [0.25, 0.3) is 0 Å². The maximum Gasteiger partial charge on any atom is 0.103 e. The van der Waals surface area contributed by atoms with Crippen LogP contribution in [-0.4, -0.2) is 10.7 Å². The minimum atomic E-state index is 0.692. The lowest BCUT2D eigenvalue weighted by molar-refractivity contribution is 1.20. The molecule has 0 unspecified atom stereocenters. The van der Waals surface area contributed by atoms with Gasteiger partial charge in [-0.3, -0.25) is 4.98 Å². The molecule has 0 saturated heterocycles. The van der Waals surface area contributed by atoms with Crippen LogP contribution >= 0.6 is 11.8 Å². The minimum absolute atomic E-state index is 0.692. The van der Waals surface area contributed by atoms with Gasteiger partial charge in [0.15, 0.2) is 0 Å². The van der Waals surface area contributed by atoms with Crippen molar-refractivity contribution >= 4 is 23.1 Å². The molecule has 2 rings (SSSR count). The summed E-state index contributed by atoms with van der Waals surface area (Å²) in [5.41, 5.74) is 3.37. The van der Waals surface area contributed by atoms with Gasteiger partial charge in [0, 0.05) is 11.1 Å². The van der Waals surface area contributed by atoms with E-state index in [-0.39, 0.29) is 0 Å². The number of nitrogens with one attached hydrogen (secondary N) is 1. The van der Waals surface area contributed by atoms with Crippen LogP contribution in [0, 0.1) is 18.3 Å². The Balaban J connectivity index is 2.38. The molecule has 1 heterocycles. The van der Waals surface area contributed by atoms with Crippen molar-refractivity contribution in [3.05, 3.63) is 47.8 Å². The van der Waals surface area contributed by atoms with Gasteiger partial charge in [-0.15, -0.1) is 11.8 Å². The van der Waals surface area contributed by atoms with Gasteiger partial charge in [0.2, 0.25) is 0 Å². The number of aromatic nitrogens is 1. The number of nitrogens with zero attached hydrogens (tertiary/aromatic N) is 2. The van der Waals surface area contributed by atoms with Crippen molar-refractivity contribution < 1.29 is 0 Å². The van der Waals surface area contributed by atoms with Gasteiger partial charge < -0.3 is 5.32 Å². The van der Waals surface area contributed by atoms with Crippen molar-refractivity contribution in [3.63, 3.8) is 0 Å². The third kappa shape index (κ3) is 3.07. The molecular formula is C15H15N3S. The molecular weight excluding hydrogens is 254 g/mol. The summed E-state index contributed by atoms with van der Waals surface area (Å²) >= 11 is 1.68. The summed E-state index contributed by atoms with van der Waals surface area (Å²) in [6, 6.07) is 12.0. The van der Waals surface area contributed by atoms with Crippen LogP contribution in [0.4, 0.5) is 11.4 Å². The summed E-state index contributed by atoms with van der Waals surface area (Å²) in [4.78, 5) is 5.25. The Morgan fingerprint density at radius 1 is 1.26 bits per heavy atom. The molecule has 0 aliphatic carbocycles. The first-order valence-corrected chi connectivity index (χ1v) is 7.09. The average Bonchev–Trinajstić information content (AvgIpc) is 2.42. The standard InChI is InChI=1S/C15H15N3S/c1-3-19-15-8-4-6-14(12(15)10-16)18-13-7-5-9-17-11(13)2/h4-9,18H,3H2,1-2H3. The Morgan fingerprint density at radius 3 is 2.74 bits per heavy atom. The van der Waals surface area contributed by atoms with Crippen LogP contribution in [0.1, 0.15) is 18.2 Å². The minimum Gasteiger partial charge on any atom is -0.353 e. The van der Waals surface area contributed by atoms with E-state index in [9.17, 15) is 5.26 Å². The third-order valence-electron chi connectivity index (χ3n) is 2.71. The number of nitriles is 1. The molecule has 19 heavy (non-hydrogen) atoms. The van der Waals surface area contributed by atoms with Crippen molar-refractivity contribution in [2.24, 2.45) is 0 Å². The zero-order chi connectivity index (χ0) is 13.7. The number of rotatable bonds is 4. The van der Waals surface area contributed by atoms with E-state index in [2.05, 4.69) is 23.3 Å². The number of hydrogen-bond donors (Lipinski definition) is 1. The second-order valence-corrected chi connectivity index (χ2v) is 5.29. The van der Waals surface area contributed by atoms with E-state index >= 15 is 0 Å². The fourth-order valence-corrected chi connectivity index (χ4v) is 2.57. The monoisotopic (exact) mass is 269 g/mol. The molecule has 1 aromatic heterocycles. The topological polar surface area (TPSA) is 48.7 Å². The molecule has 4 heteroatoms. The van der Waals surface area contributed by atoms with Gasteiger partial charge in [-0.1, -0.05) is 13.0 Å². The quantitative estimate of drug-likeness (QED) is 0.848. The lowest BCUT2D eigenvalue weighted by atomic mass is 10.2. The maximum atomic E-state index is 9.35. The Bertz CT molecular complexity index is 617. The fourth-order valence-electron chi connectivity index (χ4n) is 1.79. The highest BCUT2D eigenvalue weighted by Crippen LogP contribution is 2.30. The fraction of sp³-hybridized carbons (Fsp3) is 0.200. The molecule has 0 aliphatic heterocycles. The molecule has 0 aliphatic rings. The van der Waals surface area contributed by atoms with E-state index in [4.69, 9.17) is 0 Å².